The molecule has 0 bridgehead atoms. The van der Waals surface area contributed by atoms with E-state index >= 15 is 0 Å². The van der Waals surface area contributed by atoms with Crippen LogP contribution in [-0.2, 0) is 14.3 Å². The summed E-state index contributed by atoms with van der Waals surface area (Å²) >= 11 is 0. The number of rotatable bonds is 45. The highest BCUT2D eigenvalue weighted by Crippen LogP contribution is 2.14. The molecule has 59 heavy (non-hydrogen) atoms. The number of carbonyl (C=O) groups is 1. The van der Waals surface area contributed by atoms with E-state index in [9.17, 15) is 9.90 Å². The van der Waals surface area contributed by atoms with E-state index < -0.39 is 6.10 Å². The van der Waals surface area contributed by atoms with Gasteiger partial charge in [-0.1, -0.05) is 220 Å². The second kappa shape index (κ2) is 51.5. The minimum atomic E-state index is -0.546. The van der Waals surface area contributed by atoms with Crippen molar-refractivity contribution in [3.05, 3.63) is 97.2 Å². The van der Waals surface area contributed by atoms with E-state index in [1.165, 1.54) is 128 Å². The largest absolute Gasteiger partial charge is 0.457 e. The van der Waals surface area contributed by atoms with E-state index in [4.69, 9.17) is 9.47 Å². The second-order valence-corrected chi connectivity index (χ2v) is 16.1. The monoisotopic (exact) mass is 819 g/mol. The Balaban J connectivity index is 3.45. The number of allylic oxidation sites excluding steroid dienone is 16. The maximum atomic E-state index is 12.3. The van der Waals surface area contributed by atoms with Crippen LogP contribution in [0, 0.1) is 0 Å². The molecule has 0 aliphatic rings. The van der Waals surface area contributed by atoms with Gasteiger partial charge in [0.15, 0.2) is 0 Å². The molecule has 0 aliphatic heterocycles. The zero-order valence-corrected chi connectivity index (χ0v) is 38.7. The first-order chi connectivity index (χ1) is 29.2. The molecule has 0 radical (unpaired) electrons. The summed E-state index contributed by atoms with van der Waals surface area (Å²) in [4.78, 5) is 12.3. The van der Waals surface area contributed by atoms with Gasteiger partial charge in [0.2, 0.25) is 0 Å². The van der Waals surface area contributed by atoms with Crippen molar-refractivity contribution in [1.82, 2.24) is 0 Å². The fourth-order valence-corrected chi connectivity index (χ4v) is 6.78. The molecule has 0 spiro atoms. The highest BCUT2D eigenvalue weighted by molar-refractivity contribution is 5.69. The van der Waals surface area contributed by atoms with Crippen molar-refractivity contribution in [3.63, 3.8) is 0 Å². The molecule has 0 aliphatic carbocycles. The molecule has 1 atom stereocenters. The van der Waals surface area contributed by atoms with Crippen LogP contribution in [0.4, 0.5) is 0 Å². The first-order valence-corrected chi connectivity index (χ1v) is 24.8. The molecule has 0 heterocycles. The van der Waals surface area contributed by atoms with Crippen molar-refractivity contribution in [3.8, 4) is 0 Å². The zero-order chi connectivity index (χ0) is 42.6. The molecule has 0 aromatic carbocycles. The van der Waals surface area contributed by atoms with Crippen molar-refractivity contribution in [2.45, 2.75) is 225 Å². The maximum absolute atomic E-state index is 12.3. The first kappa shape index (κ1) is 56.3. The molecule has 0 rings (SSSR count). The highest BCUT2D eigenvalue weighted by atomic mass is 16.6. The lowest BCUT2D eigenvalue weighted by atomic mass is 10.0. The molecule has 0 aromatic rings. The minimum Gasteiger partial charge on any atom is -0.457 e. The van der Waals surface area contributed by atoms with Gasteiger partial charge in [0, 0.05) is 13.0 Å². The Bertz CT molecular complexity index is 1090. The van der Waals surface area contributed by atoms with Crippen LogP contribution < -0.4 is 0 Å². The summed E-state index contributed by atoms with van der Waals surface area (Å²) < 4.78 is 11.2. The predicted molar refractivity (Wildman–Crippen MR) is 260 cm³/mol. The zero-order valence-electron chi connectivity index (χ0n) is 38.7. The minimum absolute atomic E-state index is 0.180. The average molecular weight is 819 g/mol. The van der Waals surface area contributed by atoms with Gasteiger partial charge in [0.05, 0.1) is 13.2 Å². The summed E-state index contributed by atoms with van der Waals surface area (Å²) in [5.74, 6) is -0.211. The SMILES string of the molecule is CC/C=C\C/C=C\C/C=C\C/C=C\CCCCCCCCCCCCCCCOCC(CO)OC(=O)CCCCCCCCCC/C=C\C/C=C\C/C=C\C/C=C\CC. The number of hydrogen-bond acceptors (Lipinski definition) is 4. The van der Waals surface area contributed by atoms with Gasteiger partial charge in [-0.15, -0.1) is 0 Å². The summed E-state index contributed by atoms with van der Waals surface area (Å²) in [6, 6.07) is 0. The number of hydrogen-bond donors (Lipinski definition) is 1. The van der Waals surface area contributed by atoms with Crippen molar-refractivity contribution < 1.29 is 19.4 Å². The molecular formula is C55H94O4. The van der Waals surface area contributed by atoms with Crippen LogP contribution >= 0.6 is 0 Å². The van der Waals surface area contributed by atoms with E-state index in [-0.39, 0.29) is 19.2 Å². The van der Waals surface area contributed by atoms with Crippen LogP contribution in [-0.4, -0.2) is 37.0 Å². The van der Waals surface area contributed by atoms with Crippen molar-refractivity contribution in [1.29, 1.82) is 0 Å². The standard InChI is InChI=1S/C55H94O4/c1-3-5-7-9-11-13-15-17-19-21-23-25-26-27-28-29-31-33-35-37-39-41-43-45-47-49-51-58-53-54(52-56)59-55(57)50-48-46-44-42-40-38-36-34-32-30-24-22-20-18-16-14-12-10-8-6-4-2/h5-8,11-14,17-20,23-25,30,54,56H,3-4,9-10,15-16,21-22,26-29,31-53H2,1-2H3/b7-5-,8-6-,13-11-,14-12-,19-17-,20-18-,25-23-,30-24-. The molecule has 4 heteroatoms. The van der Waals surface area contributed by atoms with Crippen molar-refractivity contribution in [2.24, 2.45) is 0 Å². The lowest BCUT2D eigenvalue weighted by Crippen LogP contribution is -2.27. The molecule has 0 amide bonds. The smallest absolute Gasteiger partial charge is 0.306 e. The highest BCUT2D eigenvalue weighted by Gasteiger charge is 2.13. The molecule has 338 valence electrons. The Labute approximate surface area is 366 Å². The summed E-state index contributed by atoms with van der Waals surface area (Å²) in [5.41, 5.74) is 0. The third kappa shape index (κ3) is 49.6. The van der Waals surface area contributed by atoms with Crippen LogP contribution in [0.2, 0.25) is 0 Å². The van der Waals surface area contributed by atoms with Gasteiger partial charge in [-0.2, -0.15) is 0 Å². The second-order valence-electron chi connectivity index (χ2n) is 16.1. The van der Waals surface area contributed by atoms with Gasteiger partial charge < -0.3 is 14.6 Å². The first-order valence-electron chi connectivity index (χ1n) is 24.8. The lowest BCUT2D eigenvalue weighted by Gasteiger charge is -2.16. The number of esters is 1. The number of aliphatic hydroxyl groups excluding tert-OH is 1. The van der Waals surface area contributed by atoms with Crippen molar-refractivity contribution >= 4 is 5.97 Å². The van der Waals surface area contributed by atoms with E-state index in [0.29, 0.717) is 13.0 Å². The molecule has 0 fully saturated rings. The number of carbonyl (C=O) groups excluding carboxylic acids is 1. The summed E-state index contributed by atoms with van der Waals surface area (Å²) in [6.07, 6.45) is 73.5. The van der Waals surface area contributed by atoms with E-state index in [2.05, 4.69) is 111 Å². The molecule has 1 unspecified atom stereocenters. The summed E-state index contributed by atoms with van der Waals surface area (Å²) in [6.45, 7) is 5.11. The average Bonchev–Trinajstić information content (AvgIpc) is 3.24. The number of aliphatic hydroxyl groups is 1. The third-order valence-corrected chi connectivity index (χ3v) is 10.4. The van der Waals surface area contributed by atoms with Crippen LogP contribution in [0.15, 0.2) is 97.2 Å². The van der Waals surface area contributed by atoms with Crippen LogP contribution in [0.25, 0.3) is 0 Å². The topological polar surface area (TPSA) is 55.8 Å². The number of ether oxygens (including phenoxy) is 2. The number of unbranched alkanes of at least 4 members (excludes halogenated alkanes) is 21. The van der Waals surface area contributed by atoms with E-state index in [0.717, 1.165) is 70.6 Å². The quantitative estimate of drug-likeness (QED) is 0.0378. The Hall–Kier alpha value is -2.69. The van der Waals surface area contributed by atoms with Gasteiger partial charge in [-0.3, -0.25) is 4.79 Å². The Morgan fingerprint density at radius 1 is 0.407 bits per heavy atom. The molecule has 4 nitrogen and oxygen atoms in total. The van der Waals surface area contributed by atoms with E-state index in [1.54, 1.807) is 0 Å². The predicted octanol–water partition coefficient (Wildman–Crippen LogP) is 16.9. The van der Waals surface area contributed by atoms with Gasteiger partial charge >= 0.3 is 5.97 Å². The summed E-state index contributed by atoms with van der Waals surface area (Å²) in [7, 11) is 0. The van der Waals surface area contributed by atoms with Gasteiger partial charge in [-0.05, 0) is 89.9 Å². The normalized spacial score (nSPS) is 13.2. The third-order valence-electron chi connectivity index (χ3n) is 10.4. The van der Waals surface area contributed by atoms with Gasteiger partial charge in [-0.25, -0.2) is 0 Å². The maximum Gasteiger partial charge on any atom is 0.306 e. The van der Waals surface area contributed by atoms with E-state index in [1.807, 2.05) is 0 Å². The fraction of sp³-hybridized carbons (Fsp3) is 0.691. The Morgan fingerprint density at radius 3 is 1.07 bits per heavy atom. The molecule has 0 saturated heterocycles. The molecule has 0 saturated carbocycles. The fourth-order valence-electron chi connectivity index (χ4n) is 6.78. The van der Waals surface area contributed by atoms with Crippen LogP contribution in [0.3, 0.4) is 0 Å². The van der Waals surface area contributed by atoms with Crippen LogP contribution in [0.1, 0.15) is 219 Å². The summed E-state index contributed by atoms with van der Waals surface area (Å²) in [5, 5.41) is 9.65. The molecule has 0 aromatic heterocycles. The Morgan fingerprint density at radius 2 is 0.712 bits per heavy atom. The van der Waals surface area contributed by atoms with Crippen LogP contribution in [0.5, 0.6) is 0 Å². The molecule has 1 N–H and O–H groups in total. The van der Waals surface area contributed by atoms with Gasteiger partial charge in [0.1, 0.15) is 6.10 Å². The Kier molecular flexibility index (Phi) is 49.1. The van der Waals surface area contributed by atoms with Crippen molar-refractivity contribution in [2.75, 3.05) is 19.8 Å². The lowest BCUT2D eigenvalue weighted by molar-refractivity contribution is -0.154. The van der Waals surface area contributed by atoms with Gasteiger partial charge in [0.25, 0.3) is 0 Å². The molecular weight excluding hydrogens is 725 g/mol.